The Morgan fingerprint density at radius 1 is 1.07 bits per heavy atom. The number of aliphatic imine (C=N–C) groups is 1. The van der Waals surface area contributed by atoms with Crippen LogP contribution in [0.1, 0.15) is 33.6 Å². The van der Waals surface area contributed by atoms with E-state index in [1.165, 1.54) is 13.8 Å². The number of ketones is 2. The molecule has 148 valence electrons. The SMILES string of the molecule is CCC1(C(=O)O)C=C2C(=O)C(=O)C3=NC(C)(C(=O)O)CC(C)(C(=O)O)C3=C2N1. The van der Waals surface area contributed by atoms with Gasteiger partial charge in [-0.1, -0.05) is 6.92 Å². The summed E-state index contributed by atoms with van der Waals surface area (Å²) in [7, 11) is 0. The second-order valence-corrected chi connectivity index (χ2v) is 7.57. The van der Waals surface area contributed by atoms with Crippen LogP contribution in [0.5, 0.6) is 0 Å². The fourth-order valence-electron chi connectivity index (χ4n) is 3.95. The fraction of sp³-hybridized carbons (Fsp3) is 0.444. The van der Waals surface area contributed by atoms with E-state index in [9.17, 15) is 39.3 Å². The second kappa shape index (κ2) is 5.60. The van der Waals surface area contributed by atoms with Gasteiger partial charge in [-0.15, -0.1) is 0 Å². The molecule has 0 fully saturated rings. The summed E-state index contributed by atoms with van der Waals surface area (Å²) >= 11 is 0. The van der Waals surface area contributed by atoms with Crippen molar-refractivity contribution >= 4 is 35.2 Å². The highest BCUT2D eigenvalue weighted by Crippen LogP contribution is 2.48. The Balaban J connectivity index is 2.40. The standard InChI is InChI=1S/C18H18N2O8/c1-4-18(15(27)28)5-7-9(20-18)8-10(12(22)11(7)21)19-17(3,14(25)26)6-16(8,2)13(23)24/h5,20H,4,6H2,1-3H3,(H,23,24)(H,25,26)(H,27,28). The molecule has 2 aliphatic heterocycles. The van der Waals surface area contributed by atoms with Crippen molar-refractivity contribution in [1.29, 1.82) is 0 Å². The van der Waals surface area contributed by atoms with Gasteiger partial charge in [-0.3, -0.25) is 19.4 Å². The maximum Gasteiger partial charge on any atom is 0.333 e. The third-order valence-corrected chi connectivity index (χ3v) is 5.64. The Kier molecular flexibility index (Phi) is 3.89. The topological polar surface area (TPSA) is 170 Å². The van der Waals surface area contributed by atoms with Crippen LogP contribution in [0.15, 0.2) is 27.9 Å². The van der Waals surface area contributed by atoms with Gasteiger partial charge in [0.05, 0.1) is 11.1 Å². The molecule has 1 aliphatic carbocycles. The lowest BCUT2D eigenvalue weighted by Gasteiger charge is -2.41. The van der Waals surface area contributed by atoms with Crippen LogP contribution >= 0.6 is 0 Å². The fourth-order valence-corrected chi connectivity index (χ4v) is 3.95. The lowest BCUT2D eigenvalue weighted by molar-refractivity contribution is -0.150. The first kappa shape index (κ1) is 19.5. The highest BCUT2D eigenvalue weighted by Gasteiger charge is 2.59. The number of fused-ring (bicyclic) bond motifs is 2. The number of hydrogen-bond donors (Lipinski definition) is 4. The first-order valence-corrected chi connectivity index (χ1v) is 8.48. The van der Waals surface area contributed by atoms with Gasteiger partial charge in [0.15, 0.2) is 11.1 Å². The first-order valence-electron chi connectivity index (χ1n) is 8.48. The van der Waals surface area contributed by atoms with E-state index in [4.69, 9.17) is 0 Å². The molecule has 0 saturated carbocycles. The predicted molar refractivity (Wildman–Crippen MR) is 92.8 cm³/mol. The molecule has 0 saturated heterocycles. The summed E-state index contributed by atoms with van der Waals surface area (Å²) in [5.41, 5.74) is -6.54. The summed E-state index contributed by atoms with van der Waals surface area (Å²) in [6, 6.07) is 0. The third-order valence-electron chi connectivity index (χ3n) is 5.64. The van der Waals surface area contributed by atoms with Gasteiger partial charge in [0.2, 0.25) is 5.78 Å². The van der Waals surface area contributed by atoms with Gasteiger partial charge in [-0.2, -0.15) is 0 Å². The normalized spacial score (nSPS) is 34.1. The lowest BCUT2D eigenvalue weighted by Crippen LogP contribution is -2.54. The number of aliphatic carboxylic acids is 3. The Morgan fingerprint density at radius 3 is 2.14 bits per heavy atom. The van der Waals surface area contributed by atoms with Crippen LogP contribution in [0.2, 0.25) is 0 Å². The summed E-state index contributed by atoms with van der Waals surface area (Å²) in [4.78, 5) is 64.8. The number of carboxylic acids is 3. The molecule has 28 heavy (non-hydrogen) atoms. The number of allylic oxidation sites excluding steroid dienone is 1. The van der Waals surface area contributed by atoms with Gasteiger partial charge < -0.3 is 20.6 Å². The third kappa shape index (κ3) is 2.26. The van der Waals surface area contributed by atoms with Crippen molar-refractivity contribution in [3.63, 3.8) is 0 Å². The zero-order chi connectivity index (χ0) is 21.2. The van der Waals surface area contributed by atoms with Crippen LogP contribution < -0.4 is 5.32 Å². The molecule has 0 aromatic heterocycles. The van der Waals surface area contributed by atoms with E-state index in [1.54, 1.807) is 6.92 Å². The smallest absolute Gasteiger partial charge is 0.333 e. The Morgan fingerprint density at radius 2 is 1.68 bits per heavy atom. The minimum atomic E-state index is -1.93. The van der Waals surface area contributed by atoms with Crippen LogP contribution in [-0.2, 0) is 24.0 Å². The molecule has 0 radical (unpaired) electrons. The molecule has 0 aromatic carbocycles. The number of hydrogen-bond acceptors (Lipinski definition) is 7. The van der Waals surface area contributed by atoms with Gasteiger partial charge >= 0.3 is 17.9 Å². The summed E-state index contributed by atoms with van der Waals surface area (Å²) in [6.45, 7) is 3.97. The molecule has 10 nitrogen and oxygen atoms in total. The minimum Gasteiger partial charge on any atom is -0.481 e. The maximum absolute atomic E-state index is 12.7. The number of Topliss-reactive ketones (excluding diaryl/α,β-unsaturated/α-hetero) is 2. The zero-order valence-electron chi connectivity index (χ0n) is 15.3. The molecule has 2 heterocycles. The second-order valence-electron chi connectivity index (χ2n) is 7.57. The molecule has 10 heteroatoms. The van der Waals surface area contributed by atoms with Crippen molar-refractivity contribution in [2.24, 2.45) is 10.4 Å². The molecule has 0 aromatic rings. The van der Waals surface area contributed by atoms with E-state index in [1.807, 2.05) is 0 Å². The monoisotopic (exact) mass is 390 g/mol. The van der Waals surface area contributed by atoms with Crippen molar-refractivity contribution in [2.75, 3.05) is 0 Å². The van der Waals surface area contributed by atoms with Gasteiger partial charge in [-0.25, -0.2) is 9.59 Å². The first-order chi connectivity index (χ1) is 12.8. The summed E-state index contributed by atoms with van der Waals surface area (Å²) < 4.78 is 0. The van der Waals surface area contributed by atoms with E-state index in [0.717, 1.165) is 6.08 Å². The average molecular weight is 390 g/mol. The van der Waals surface area contributed by atoms with Gasteiger partial charge in [0, 0.05) is 17.6 Å². The van der Waals surface area contributed by atoms with Crippen molar-refractivity contribution in [3.8, 4) is 0 Å². The summed E-state index contributed by atoms with van der Waals surface area (Å²) in [5.74, 6) is -6.35. The van der Waals surface area contributed by atoms with Crippen LogP contribution in [0.4, 0.5) is 0 Å². The number of nitrogens with zero attached hydrogens (tertiary/aromatic N) is 1. The quantitative estimate of drug-likeness (QED) is 0.480. The zero-order valence-corrected chi connectivity index (χ0v) is 15.3. The highest BCUT2D eigenvalue weighted by atomic mass is 16.4. The van der Waals surface area contributed by atoms with E-state index >= 15 is 0 Å². The number of carboxylic acid groups (broad SMARTS) is 3. The van der Waals surface area contributed by atoms with E-state index in [2.05, 4.69) is 10.3 Å². The molecule has 4 N–H and O–H groups in total. The van der Waals surface area contributed by atoms with Crippen LogP contribution in [-0.4, -0.2) is 61.6 Å². The minimum absolute atomic E-state index is 0.0210. The summed E-state index contributed by atoms with van der Waals surface area (Å²) in [6.07, 6.45) is 0.658. The Hall–Kier alpha value is -3.30. The van der Waals surface area contributed by atoms with Crippen LogP contribution in [0.25, 0.3) is 0 Å². The average Bonchev–Trinajstić information content (AvgIpc) is 3.00. The van der Waals surface area contributed by atoms with E-state index in [0.29, 0.717) is 0 Å². The van der Waals surface area contributed by atoms with Crippen molar-refractivity contribution in [2.45, 2.75) is 44.7 Å². The van der Waals surface area contributed by atoms with E-state index < -0.39 is 58.1 Å². The van der Waals surface area contributed by atoms with Gasteiger partial charge in [0.1, 0.15) is 5.71 Å². The molecule has 3 unspecified atom stereocenters. The molecule has 0 spiro atoms. The van der Waals surface area contributed by atoms with Crippen LogP contribution in [0.3, 0.4) is 0 Å². The molecule has 3 aliphatic rings. The number of nitrogens with one attached hydrogen (secondary N) is 1. The predicted octanol–water partition coefficient (Wildman–Crippen LogP) is -0.0658. The molecule has 0 bridgehead atoms. The molecule has 3 atom stereocenters. The Labute approximate surface area is 158 Å². The summed E-state index contributed by atoms with van der Waals surface area (Å²) in [5, 5.41) is 31.7. The molecule has 3 rings (SSSR count). The van der Waals surface area contributed by atoms with Gasteiger partial charge in [0.25, 0.3) is 5.78 Å². The number of carbonyl (C=O) groups is 5. The Bertz CT molecular complexity index is 974. The lowest BCUT2D eigenvalue weighted by atomic mass is 9.65. The van der Waals surface area contributed by atoms with Crippen LogP contribution in [0, 0.1) is 5.41 Å². The highest BCUT2D eigenvalue weighted by molar-refractivity contribution is 6.73. The molecule has 0 amide bonds. The van der Waals surface area contributed by atoms with Crippen molar-refractivity contribution in [1.82, 2.24) is 5.32 Å². The molecular weight excluding hydrogens is 372 g/mol. The number of rotatable bonds is 4. The molecular formula is C18H18N2O8. The van der Waals surface area contributed by atoms with Crippen molar-refractivity contribution in [3.05, 3.63) is 22.9 Å². The van der Waals surface area contributed by atoms with Crippen molar-refractivity contribution < 1.29 is 39.3 Å². The van der Waals surface area contributed by atoms with Gasteiger partial charge in [-0.05, 0) is 26.3 Å². The number of carbonyl (C=O) groups excluding carboxylic acids is 2. The van der Waals surface area contributed by atoms with E-state index in [-0.39, 0.29) is 23.3 Å². The maximum atomic E-state index is 12.7. The largest absolute Gasteiger partial charge is 0.481 e.